The van der Waals surface area contributed by atoms with E-state index in [1.807, 2.05) is 0 Å². The van der Waals surface area contributed by atoms with E-state index in [1.165, 1.54) is 6.08 Å². The van der Waals surface area contributed by atoms with Gasteiger partial charge in [-0.15, -0.1) is 0 Å². The molecule has 0 spiro atoms. The molecule has 2 rings (SSSR count). The second-order valence-corrected chi connectivity index (χ2v) is 5.69. The van der Waals surface area contributed by atoms with Gasteiger partial charge in [0.1, 0.15) is 5.75 Å². The van der Waals surface area contributed by atoms with Crippen LogP contribution in [-0.2, 0) is 10.2 Å². The van der Waals surface area contributed by atoms with E-state index in [2.05, 4.69) is 11.3 Å². The van der Waals surface area contributed by atoms with Crippen LogP contribution >= 0.6 is 0 Å². The van der Waals surface area contributed by atoms with Crippen molar-refractivity contribution in [2.24, 2.45) is 0 Å². The van der Waals surface area contributed by atoms with Gasteiger partial charge in [-0.3, -0.25) is 4.79 Å². The second kappa shape index (κ2) is 7.09. The Morgan fingerprint density at radius 3 is 1.59 bits per heavy atom. The highest BCUT2D eigenvalue weighted by Gasteiger charge is 2.72. The lowest BCUT2D eigenvalue weighted by molar-refractivity contribution is -0.288. The van der Waals surface area contributed by atoms with Crippen LogP contribution in [0, 0.1) is 0 Å². The molecular weight excluding hydrogens is 374 g/mol. The van der Waals surface area contributed by atoms with Crippen LogP contribution in [0.3, 0.4) is 0 Å². The Bertz CT molecular complexity index is 803. The molecule has 144 valence electrons. The molecule has 0 heterocycles. The van der Waals surface area contributed by atoms with Crippen LogP contribution < -0.4 is 4.74 Å². The fourth-order valence-corrected chi connectivity index (χ4v) is 2.79. The van der Waals surface area contributed by atoms with Gasteiger partial charge < -0.3 is 4.74 Å². The van der Waals surface area contributed by atoms with Crippen molar-refractivity contribution in [3.8, 4) is 5.75 Å². The third kappa shape index (κ3) is 3.70. The number of halogens is 6. The largest absolute Gasteiger partial charge is 0.427 e. The van der Waals surface area contributed by atoms with E-state index in [0.717, 1.165) is 43.3 Å². The van der Waals surface area contributed by atoms with Gasteiger partial charge in [0, 0.05) is 6.92 Å². The average molecular weight is 388 g/mol. The first-order valence-corrected chi connectivity index (χ1v) is 7.59. The first kappa shape index (κ1) is 20.5. The minimum atomic E-state index is -5.68. The molecule has 0 aromatic heterocycles. The molecule has 0 saturated heterocycles. The van der Waals surface area contributed by atoms with Crippen LogP contribution in [0.4, 0.5) is 26.3 Å². The van der Waals surface area contributed by atoms with Crippen LogP contribution in [-0.4, -0.2) is 18.3 Å². The SMILES string of the molecule is C=Cc1ccc(C(c2ccc(OC(C)=O)cc2)(C(F)(F)F)C(F)(F)F)cc1. The quantitative estimate of drug-likeness (QED) is 0.384. The molecule has 0 aliphatic heterocycles. The Labute approximate surface area is 151 Å². The summed E-state index contributed by atoms with van der Waals surface area (Å²) in [4.78, 5) is 10.9. The lowest BCUT2D eigenvalue weighted by Gasteiger charge is -2.38. The molecule has 0 saturated carbocycles. The fourth-order valence-electron chi connectivity index (χ4n) is 2.79. The Morgan fingerprint density at radius 1 is 0.852 bits per heavy atom. The van der Waals surface area contributed by atoms with Crippen LogP contribution in [0.1, 0.15) is 23.6 Å². The second-order valence-electron chi connectivity index (χ2n) is 5.69. The van der Waals surface area contributed by atoms with Gasteiger partial charge in [-0.25, -0.2) is 0 Å². The number of carbonyl (C=O) groups is 1. The molecule has 0 amide bonds. The molecule has 0 bridgehead atoms. The van der Waals surface area contributed by atoms with E-state index in [1.54, 1.807) is 0 Å². The van der Waals surface area contributed by atoms with Gasteiger partial charge in [0.2, 0.25) is 5.41 Å². The highest BCUT2D eigenvalue weighted by molar-refractivity contribution is 5.69. The molecule has 0 radical (unpaired) electrons. The van der Waals surface area contributed by atoms with Crippen molar-refractivity contribution in [2.75, 3.05) is 0 Å². The molecule has 0 atom stereocenters. The lowest BCUT2D eigenvalue weighted by atomic mass is 9.72. The monoisotopic (exact) mass is 388 g/mol. The smallest absolute Gasteiger partial charge is 0.411 e. The zero-order valence-corrected chi connectivity index (χ0v) is 14.0. The molecule has 2 nitrogen and oxygen atoms in total. The normalized spacial score (nSPS) is 12.6. The summed E-state index contributed by atoms with van der Waals surface area (Å²) in [6.45, 7) is 4.49. The van der Waals surface area contributed by atoms with Gasteiger partial charge in [0.05, 0.1) is 0 Å². The van der Waals surface area contributed by atoms with Crippen LogP contribution in [0.2, 0.25) is 0 Å². The average Bonchev–Trinajstić information content (AvgIpc) is 2.54. The maximum Gasteiger partial charge on any atom is 0.411 e. The Balaban J connectivity index is 2.75. The molecule has 27 heavy (non-hydrogen) atoms. The van der Waals surface area contributed by atoms with Crippen LogP contribution in [0.25, 0.3) is 6.08 Å². The van der Waals surface area contributed by atoms with Crippen molar-refractivity contribution >= 4 is 12.0 Å². The van der Waals surface area contributed by atoms with Crippen molar-refractivity contribution in [3.63, 3.8) is 0 Å². The van der Waals surface area contributed by atoms with Crippen molar-refractivity contribution < 1.29 is 35.9 Å². The molecule has 0 aliphatic rings. The van der Waals surface area contributed by atoms with Crippen molar-refractivity contribution in [1.82, 2.24) is 0 Å². The molecule has 2 aromatic carbocycles. The highest BCUT2D eigenvalue weighted by Crippen LogP contribution is 2.56. The first-order chi connectivity index (χ1) is 12.4. The minimum absolute atomic E-state index is 0.161. The number of ether oxygens (including phenoxy) is 1. The number of carbonyl (C=O) groups excluding carboxylic acids is 1. The molecule has 0 N–H and O–H groups in total. The maximum absolute atomic E-state index is 13.9. The van der Waals surface area contributed by atoms with E-state index in [-0.39, 0.29) is 5.75 Å². The Morgan fingerprint density at radius 2 is 1.26 bits per heavy atom. The Kier molecular flexibility index (Phi) is 5.40. The number of rotatable bonds is 4. The number of benzene rings is 2. The number of alkyl halides is 6. The zero-order valence-electron chi connectivity index (χ0n) is 14.0. The minimum Gasteiger partial charge on any atom is -0.427 e. The van der Waals surface area contributed by atoms with Crippen LogP contribution in [0.15, 0.2) is 55.1 Å². The third-order valence-electron chi connectivity index (χ3n) is 3.98. The van der Waals surface area contributed by atoms with Crippen molar-refractivity contribution in [3.05, 3.63) is 71.8 Å². The first-order valence-electron chi connectivity index (χ1n) is 7.59. The van der Waals surface area contributed by atoms with Crippen LogP contribution in [0.5, 0.6) is 5.75 Å². The van der Waals surface area contributed by atoms with E-state index < -0.39 is 34.9 Å². The highest BCUT2D eigenvalue weighted by atomic mass is 19.4. The van der Waals surface area contributed by atoms with E-state index in [4.69, 9.17) is 0 Å². The predicted molar refractivity (Wildman–Crippen MR) is 87.2 cm³/mol. The Hall–Kier alpha value is -2.77. The van der Waals surface area contributed by atoms with Gasteiger partial charge in [-0.05, 0) is 28.8 Å². The number of esters is 1. The van der Waals surface area contributed by atoms with Gasteiger partial charge in [-0.2, -0.15) is 26.3 Å². The lowest BCUT2D eigenvalue weighted by Crippen LogP contribution is -2.54. The summed E-state index contributed by atoms with van der Waals surface area (Å²) in [6.07, 6.45) is -10.0. The van der Waals surface area contributed by atoms with Gasteiger partial charge in [0.15, 0.2) is 0 Å². The summed E-state index contributed by atoms with van der Waals surface area (Å²) in [5, 5.41) is 0. The summed E-state index contributed by atoms with van der Waals surface area (Å²) in [6, 6.07) is 6.89. The van der Waals surface area contributed by atoms with E-state index in [9.17, 15) is 31.1 Å². The molecule has 0 unspecified atom stereocenters. The predicted octanol–water partition coefficient (Wildman–Crippen LogP) is 5.67. The molecule has 0 aliphatic carbocycles. The third-order valence-corrected chi connectivity index (χ3v) is 3.98. The topological polar surface area (TPSA) is 26.3 Å². The molecule has 8 heteroatoms. The molecule has 2 aromatic rings. The summed E-state index contributed by atoms with van der Waals surface area (Å²) >= 11 is 0. The molecule has 0 fully saturated rings. The summed E-state index contributed by atoms with van der Waals surface area (Å²) in [7, 11) is 0. The molecular formula is C19H14F6O2. The van der Waals surface area contributed by atoms with E-state index in [0.29, 0.717) is 17.7 Å². The summed E-state index contributed by atoms with van der Waals surface area (Å²) < 4.78 is 88.1. The van der Waals surface area contributed by atoms with Gasteiger partial charge in [0.25, 0.3) is 0 Å². The van der Waals surface area contributed by atoms with E-state index >= 15 is 0 Å². The zero-order chi connectivity index (χ0) is 20.5. The van der Waals surface area contributed by atoms with Gasteiger partial charge >= 0.3 is 18.3 Å². The van der Waals surface area contributed by atoms with Crippen molar-refractivity contribution in [2.45, 2.75) is 24.7 Å². The summed E-state index contributed by atoms with van der Waals surface area (Å²) in [5.74, 6) is -0.910. The maximum atomic E-state index is 13.9. The van der Waals surface area contributed by atoms with Crippen molar-refractivity contribution in [1.29, 1.82) is 0 Å². The number of hydrogen-bond acceptors (Lipinski definition) is 2. The standard InChI is InChI=1S/C19H14F6O2/c1-3-13-4-6-14(7-5-13)17(18(20,21)22,19(23,24)25)15-8-10-16(11-9-15)27-12(2)26/h3-11H,1H2,2H3. The van der Waals surface area contributed by atoms with Gasteiger partial charge in [-0.1, -0.05) is 49.1 Å². The fraction of sp³-hybridized carbons (Fsp3) is 0.211. The summed E-state index contributed by atoms with van der Waals surface area (Å²) in [5.41, 5.74) is -5.88. The number of hydrogen-bond donors (Lipinski definition) is 0.